The molecule has 2 aliphatic rings. The van der Waals surface area contributed by atoms with Gasteiger partial charge in [0.1, 0.15) is 17.0 Å². The van der Waals surface area contributed by atoms with Crippen LogP contribution in [0.3, 0.4) is 0 Å². The molecule has 0 fully saturated rings. The Morgan fingerprint density at radius 3 is 2.23 bits per heavy atom. The van der Waals surface area contributed by atoms with Crippen LogP contribution in [0.25, 0.3) is 5.57 Å². The third-order valence-corrected chi connectivity index (χ3v) is 7.31. The van der Waals surface area contributed by atoms with Gasteiger partial charge in [0, 0.05) is 45.4 Å². The van der Waals surface area contributed by atoms with E-state index in [0.717, 1.165) is 5.57 Å². The Morgan fingerprint density at radius 2 is 1.63 bits per heavy atom. The number of anilines is 3. The van der Waals surface area contributed by atoms with Crippen molar-refractivity contribution in [2.45, 2.75) is 91.4 Å². The first kappa shape index (κ1) is 32.0. The van der Waals surface area contributed by atoms with Gasteiger partial charge in [-0.15, -0.1) is 0 Å². The van der Waals surface area contributed by atoms with Crippen molar-refractivity contribution in [1.82, 2.24) is 14.9 Å². The molecule has 0 spiro atoms. The van der Waals surface area contributed by atoms with Crippen LogP contribution in [0.15, 0.2) is 18.2 Å². The summed E-state index contributed by atoms with van der Waals surface area (Å²) < 4.78 is 33.4. The van der Waals surface area contributed by atoms with Gasteiger partial charge in [0.15, 0.2) is 17.4 Å². The number of nitrogens with zero attached hydrogens (tertiary/aromatic N) is 5. The second-order valence-corrected chi connectivity index (χ2v) is 13.2. The number of hydrogen-bond donors (Lipinski definition) is 0. The van der Waals surface area contributed by atoms with E-state index in [2.05, 4.69) is 9.97 Å². The number of amides is 2. The van der Waals surface area contributed by atoms with Crippen LogP contribution in [0.5, 0.6) is 5.75 Å². The summed E-state index contributed by atoms with van der Waals surface area (Å²) in [4.78, 5) is 39.2. The summed E-state index contributed by atoms with van der Waals surface area (Å²) in [6, 6.07) is 3.42. The summed E-state index contributed by atoms with van der Waals surface area (Å²) in [6.45, 7) is 13.2. The van der Waals surface area contributed by atoms with Crippen LogP contribution in [0.4, 0.5) is 31.3 Å². The maximum absolute atomic E-state index is 16.5. The number of allylic oxidation sites excluding steroid dienone is 1. The summed E-state index contributed by atoms with van der Waals surface area (Å²) in [7, 11) is 5.07. The zero-order valence-corrected chi connectivity index (χ0v) is 27.0. The highest BCUT2D eigenvalue weighted by atomic mass is 19.1. The number of ether oxygens (including phenoxy) is 3. The number of rotatable bonds is 5. The number of pyridine rings is 2. The van der Waals surface area contributed by atoms with E-state index in [1.807, 2.05) is 33.8 Å². The van der Waals surface area contributed by atoms with E-state index >= 15 is 4.39 Å². The van der Waals surface area contributed by atoms with Gasteiger partial charge in [-0.3, -0.25) is 4.90 Å². The van der Waals surface area contributed by atoms with Crippen LogP contribution in [-0.4, -0.2) is 72.0 Å². The number of aromatic nitrogens is 2. The van der Waals surface area contributed by atoms with E-state index in [4.69, 9.17) is 14.2 Å². The van der Waals surface area contributed by atoms with Gasteiger partial charge in [0.05, 0.1) is 23.6 Å². The second kappa shape index (κ2) is 12.0. The van der Waals surface area contributed by atoms with Gasteiger partial charge in [-0.25, -0.2) is 23.9 Å². The van der Waals surface area contributed by atoms with Crippen LogP contribution < -0.4 is 14.5 Å². The molecule has 1 atom stereocenters. The van der Waals surface area contributed by atoms with Crippen LogP contribution in [0.1, 0.15) is 77.8 Å². The maximum Gasteiger partial charge on any atom is 0.414 e. The number of aryl methyl sites for hydroxylation is 1. The fraction of sp³-hybridized carbons (Fsp3) is 0.562. The third kappa shape index (κ3) is 7.37. The quantitative estimate of drug-likeness (QED) is 0.371. The normalized spacial score (nSPS) is 16.5. The van der Waals surface area contributed by atoms with Crippen molar-refractivity contribution < 1.29 is 28.2 Å². The molecule has 3 heterocycles. The van der Waals surface area contributed by atoms with Crippen LogP contribution >= 0.6 is 0 Å². The van der Waals surface area contributed by atoms with Crippen LogP contribution in [0.2, 0.25) is 0 Å². The lowest BCUT2D eigenvalue weighted by atomic mass is 9.89. The Morgan fingerprint density at radius 1 is 0.977 bits per heavy atom. The van der Waals surface area contributed by atoms with Gasteiger partial charge < -0.3 is 24.0 Å². The van der Waals surface area contributed by atoms with Crippen molar-refractivity contribution in [2.24, 2.45) is 0 Å². The molecule has 0 unspecified atom stereocenters. The molecular formula is C32H44FN5O5. The largest absolute Gasteiger partial charge is 0.491 e. The van der Waals surface area contributed by atoms with Gasteiger partial charge in [0.25, 0.3) is 0 Å². The standard InChI is InChI=1S/C32H44FN5O5/c1-19-17-22(37(9)30(40)43-32(5,6)7)18-24(34-19)38(10)28-26(33)25(27-23(35-28)15-16-41-27)20-11-13-21(14-12-20)36(8)29(39)42-31(2,3)4/h11,17-18,21H,12-16H2,1-10H3/t21-/m1/s1. The molecule has 0 N–H and O–H groups in total. The van der Waals surface area contributed by atoms with E-state index in [0.29, 0.717) is 66.5 Å². The van der Waals surface area contributed by atoms with Crippen LogP contribution in [-0.2, 0) is 15.9 Å². The van der Waals surface area contributed by atoms with Crippen molar-refractivity contribution in [3.8, 4) is 5.75 Å². The molecule has 0 aromatic carbocycles. The third-order valence-electron chi connectivity index (χ3n) is 7.31. The minimum Gasteiger partial charge on any atom is -0.491 e. The second-order valence-electron chi connectivity index (χ2n) is 13.2. The molecule has 0 radical (unpaired) electrons. The van der Waals surface area contributed by atoms with Gasteiger partial charge >= 0.3 is 12.2 Å². The zero-order valence-electron chi connectivity index (χ0n) is 27.0. The Hall–Kier alpha value is -3.89. The Labute approximate surface area is 253 Å². The molecule has 10 nitrogen and oxygen atoms in total. The van der Waals surface area contributed by atoms with Crippen molar-refractivity contribution in [3.63, 3.8) is 0 Å². The molecule has 2 amide bonds. The molecule has 0 saturated carbocycles. The number of carbonyl (C=O) groups excluding carboxylic acids is 2. The van der Waals surface area contributed by atoms with E-state index in [9.17, 15) is 9.59 Å². The average Bonchev–Trinajstić information content (AvgIpc) is 3.37. The number of halogens is 1. The van der Waals surface area contributed by atoms with Gasteiger partial charge in [-0.05, 0) is 79.4 Å². The lowest BCUT2D eigenvalue weighted by Crippen LogP contribution is -2.41. The topological polar surface area (TPSA) is 97.3 Å². The molecule has 2 aromatic rings. The molecule has 11 heteroatoms. The summed E-state index contributed by atoms with van der Waals surface area (Å²) in [5.74, 6) is 0.525. The highest BCUT2D eigenvalue weighted by molar-refractivity contribution is 5.88. The van der Waals surface area contributed by atoms with Crippen molar-refractivity contribution >= 4 is 35.1 Å². The first-order valence-electron chi connectivity index (χ1n) is 14.6. The summed E-state index contributed by atoms with van der Waals surface area (Å²) >= 11 is 0. The molecule has 2 aromatic heterocycles. The average molecular weight is 598 g/mol. The monoisotopic (exact) mass is 597 g/mol. The summed E-state index contributed by atoms with van der Waals surface area (Å²) in [5.41, 5.74) is 1.89. The van der Waals surface area contributed by atoms with E-state index in [1.165, 1.54) is 4.90 Å². The summed E-state index contributed by atoms with van der Waals surface area (Å²) in [6.07, 6.45) is 3.45. The van der Waals surface area contributed by atoms with Crippen molar-refractivity contribution in [2.75, 3.05) is 37.5 Å². The lowest BCUT2D eigenvalue weighted by Gasteiger charge is -2.33. The Bertz CT molecular complexity index is 1430. The van der Waals surface area contributed by atoms with Crippen molar-refractivity contribution in [3.05, 3.63) is 41.0 Å². The lowest BCUT2D eigenvalue weighted by molar-refractivity contribution is 0.0215. The maximum atomic E-state index is 16.5. The smallest absolute Gasteiger partial charge is 0.414 e. The predicted octanol–water partition coefficient (Wildman–Crippen LogP) is 6.80. The SMILES string of the molecule is Cc1cc(N(C)C(=O)OC(C)(C)C)cc(N(C)c2nc3c(c(C4=CC[C@@H](N(C)C(=O)OC(C)(C)C)CC4)c2F)OCC3)n1. The van der Waals surface area contributed by atoms with Gasteiger partial charge in [-0.2, -0.15) is 0 Å². The Balaban J connectivity index is 1.64. The number of fused-ring (bicyclic) bond motifs is 1. The molecule has 4 rings (SSSR count). The van der Waals surface area contributed by atoms with Gasteiger partial charge in [-0.1, -0.05) is 6.08 Å². The molecular weight excluding hydrogens is 553 g/mol. The van der Waals surface area contributed by atoms with E-state index in [1.54, 1.807) is 63.8 Å². The van der Waals surface area contributed by atoms with Crippen molar-refractivity contribution in [1.29, 1.82) is 0 Å². The molecule has 1 aliphatic heterocycles. The Kier molecular flexibility index (Phi) is 8.95. The fourth-order valence-electron chi connectivity index (χ4n) is 5.09. The zero-order chi connectivity index (χ0) is 31.9. The van der Waals surface area contributed by atoms with E-state index < -0.39 is 23.1 Å². The summed E-state index contributed by atoms with van der Waals surface area (Å²) in [5, 5.41) is 0. The van der Waals surface area contributed by atoms with Gasteiger partial charge in [0.2, 0.25) is 0 Å². The predicted molar refractivity (Wildman–Crippen MR) is 165 cm³/mol. The molecule has 1 aliphatic carbocycles. The highest BCUT2D eigenvalue weighted by Crippen LogP contribution is 2.43. The first-order valence-corrected chi connectivity index (χ1v) is 14.6. The molecule has 234 valence electrons. The number of hydrogen-bond acceptors (Lipinski definition) is 8. The van der Waals surface area contributed by atoms with E-state index in [-0.39, 0.29) is 18.0 Å². The molecule has 0 bridgehead atoms. The highest BCUT2D eigenvalue weighted by Gasteiger charge is 2.33. The number of carbonyl (C=O) groups is 2. The molecule has 0 saturated heterocycles. The van der Waals surface area contributed by atoms with Crippen LogP contribution in [0, 0.1) is 12.7 Å². The molecule has 43 heavy (non-hydrogen) atoms. The first-order chi connectivity index (χ1) is 19.9. The fourth-order valence-corrected chi connectivity index (χ4v) is 5.09. The minimum absolute atomic E-state index is 0.0588. The minimum atomic E-state index is -0.651.